The molecule has 3 amide bonds. The first-order valence-electron chi connectivity index (χ1n) is 10.6. The normalized spacial score (nSPS) is 14.8. The highest BCUT2D eigenvalue weighted by Crippen LogP contribution is 2.12. The monoisotopic (exact) mass is 436 g/mol. The van der Waals surface area contributed by atoms with E-state index in [4.69, 9.17) is 4.74 Å². The molecule has 0 spiro atoms. The smallest absolute Gasteiger partial charge is 0.410 e. The number of amides is 3. The van der Waals surface area contributed by atoms with Crippen LogP contribution in [-0.2, 0) is 20.7 Å². The molecule has 9 heteroatoms. The molecule has 1 fully saturated rings. The molecule has 2 N–H and O–H groups in total. The molecule has 8 nitrogen and oxygen atoms in total. The van der Waals surface area contributed by atoms with E-state index < -0.39 is 11.4 Å². The van der Waals surface area contributed by atoms with Gasteiger partial charge in [0.15, 0.2) is 0 Å². The molecular weight excluding hydrogens is 403 g/mol. The number of nitrogens with zero attached hydrogens (tertiary/aromatic N) is 2. The Hall–Kier alpha value is -2.68. The van der Waals surface area contributed by atoms with Gasteiger partial charge in [0, 0.05) is 32.7 Å². The SMILES string of the molecule is CC(C)(C)OC(=O)N1CCN(CCCNC(=O)CNC(=O)Cc2cccc(F)c2)CC1. The van der Waals surface area contributed by atoms with E-state index in [0.717, 1.165) is 26.1 Å². The van der Waals surface area contributed by atoms with Crippen LogP contribution < -0.4 is 10.6 Å². The third kappa shape index (κ3) is 9.78. The number of hydrogen-bond acceptors (Lipinski definition) is 5. The Labute approximate surface area is 183 Å². The summed E-state index contributed by atoms with van der Waals surface area (Å²) in [4.78, 5) is 39.8. The predicted molar refractivity (Wildman–Crippen MR) is 115 cm³/mol. The maximum Gasteiger partial charge on any atom is 0.410 e. The zero-order chi connectivity index (χ0) is 22.9. The molecule has 0 aliphatic carbocycles. The molecule has 1 saturated heterocycles. The van der Waals surface area contributed by atoms with Gasteiger partial charge in [-0.25, -0.2) is 9.18 Å². The first-order valence-corrected chi connectivity index (χ1v) is 10.6. The minimum Gasteiger partial charge on any atom is -0.444 e. The van der Waals surface area contributed by atoms with Crippen LogP contribution in [-0.4, -0.2) is 79.1 Å². The third-order valence-corrected chi connectivity index (χ3v) is 4.70. The number of hydrogen-bond donors (Lipinski definition) is 2. The largest absolute Gasteiger partial charge is 0.444 e. The molecule has 0 radical (unpaired) electrons. The topological polar surface area (TPSA) is 91.0 Å². The number of halogens is 1. The van der Waals surface area contributed by atoms with Crippen molar-refractivity contribution in [1.29, 1.82) is 0 Å². The van der Waals surface area contributed by atoms with Crippen LogP contribution in [0.5, 0.6) is 0 Å². The fourth-order valence-corrected chi connectivity index (χ4v) is 3.15. The first kappa shape index (κ1) is 24.6. The van der Waals surface area contributed by atoms with Gasteiger partial charge in [-0.15, -0.1) is 0 Å². The summed E-state index contributed by atoms with van der Waals surface area (Å²) in [5, 5.41) is 5.32. The van der Waals surface area contributed by atoms with Crippen molar-refractivity contribution < 1.29 is 23.5 Å². The van der Waals surface area contributed by atoms with E-state index >= 15 is 0 Å². The van der Waals surface area contributed by atoms with Gasteiger partial charge in [0.05, 0.1) is 13.0 Å². The molecule has 31 heavy (non-hydrogen) atoms. The van der Waals surface area contributed by atoms with Gasteiger partial charge in [0.1, 0.15) is 11.4 Å². The van der Waals surface area contributed by atoms with Crippen LogP contribution in [0.1, 0.15) is 32.8 Å². The Morgan fingerprint density at radius 2 is 1.77 bits per heavy atom. The molecule has 1 aliphatic heterocycles. The number of carbonyl (C=O) groups is 3. The summed E-state index contributed by atoms with van der Waals surface area (Å²) in [5.74, 6) is -0.986. The number of ether oxygens (including phenoxy) is 1. The second-order valence-electron chi connectivity index (χ2n) is 8.60. The van der Waals surface area contributed by atoms with Gasteiger partial charge in [0.25, 0.3) is 0 Å². The maximum atomic E-state index is 13.1. The van der Waals surface area contributed by atoms with Gasteiger partial charge in [-0.2, -0.15) is 0 Å². The molecular formula is C22H33FN4O4. The summed E-state index contributed by atoms with van der Waals surface area (Å²) in [6.45, 7) is 9.55. The van der Waals surface area contributed by atoms with E-state index in [1.807, 2.05) is 20.8 Å². The second kappa shape index (κ2) is 11.6. The van der Waals surface area contributed by atoms with Gasteiger partial charge >= 0.3 is 6.09 Å². The Bertz CT molecular complexity index is 758. The van der Waals surface area contributed by atoms with Gasteiger partial charge in [-0.05, 0) is 51.4 Å². The lowest BCUT2D eigenvalue weighted by atomic mass is 10.1. The van der Waals surface area contributed by atoms with E-state index in [2.05, 4.69) is 15.5 Å². The van der Waals surface area contributed by atoms with Crippen molar-refractivity contribution in [3.8, 4) is 0 Å². The summed E-state index contributed by atoms with van der Waals surface area (Å²) in [7, 11) is 0. The van der Waals surface area contributed by atoms with Gasteiger partial charge in [0.2, 0.25) is 11.8 Å². The molecule has 0 atom stereocenters. The Morgan fingerprint density at radius 1 is 1.06 bits per heavy atom. The van der Waals surface area contributed by atoms with Crippen LogP contribution in [0.15, 0.2) is 24.3 Å². The van der Waals surface area contributed by atoms with Crippen LogP contribution >= 0.6 is 0 Å². The standard InChI is InChI=1S/C22H33FN4O4/c1-22(2,3)31-21(30)27-12-10-26(11-13-27)9-5-8-24-20(29)16-25-19(28)15-17-6-4-7-18(23)14-17/h4,6-7,14H,5,8-13,15-16H2,1-3H3,(H,24,29)(H,25,28). The van der Waals surface area contributed by atoms with Crippen molar-refractivity contribution >= 4 is 17.9 Å². The van der Waals surface area contributed by atoms with E-state index in [0.29, 0.717) is 25.2 Å². The van der Waals surface area contributed by atoms with Crippen LogP contribution in [0.4, 0.5) is 9.18 Å². The van der Waals surface area contributed by atoms with Crippen molar-refractivity contribution in [2.24, 2.45) is 0 Å². The zero-order valence-corrected chi connectivity index (χ0v) is 18.6. The summed E-state index contributed by atoms with van der Waals surface area (Å²) < 4.78 is 18.5. The second-order valence-corrected chi connectivity index (χ2v) is 8.60. The fraction of sp³-hybridized carbons (Fsp3) is 0.591. The zero-order valence-electron chi connectivity index (χ0n) is 18.6. The number of nitrogens with one attached hydrogen (secondary N) is 2. The lowest BCUT2D eigenvalue weighted by Gasteiger charge is -2.35. The quantitative estimate of drug-likeness (QED) is 0.604. The summed E-state index contributed by atoms with van der Waals surface area (Å²) in [5.41, 5.74) is 0.0652. The third-order valence-electron chi connectivity index (χ3n) is 4.70. The molecule has 0 saturated carbocycles. The highest BCUT2D eigenvalue weighted by molar-refractivity contribution is 5.85. The first-order chi connectivity index (χ1) is 14.6. The van der Waals surface area contributed by atoms with Gasteiger partial charge in [-0.3, -0.25) is 14.5 Å². The molecule has 2 rings (SSSR count). The Morgan fingerprint density at radius 3 is 2.42 bits per heavy atom. The lowest BCUT2D eigenvalue weighted by Crippen LogP contribution is -2.50. The lowest BCUT2D eigenvalue weighted by molar-refractivity contribution is -0.125. The number of rotatable bonds is 8. The summed E-state index contributed by atoms with van der Waals surface area (Å²) in [6, 6.07) is 5.82. The van der Waals surface area contributed by atoms with Crippen LogP contribution in [0.2, 0.25) is 0 Å². The highest BCUT2D eigenvalue weighted by atomic mass is 19.1. The number of carbonyl (C=O) groups excluding carboxylic acids is 3. The van der Waals surface area contributed by atoms with E-state index in [1.165, 1.54) is 12.1 Å². The van der Waals surface area contributed by atoms with E-state index in [9.17, 15) is 18.8 Å². The van der Waals surface area contributed by atoms with Gasteiger partial charge in [-0.1, -0.05) is 12.1 Å². The van der Waals surface area contributed by atoms with Crippen molar-refractivity contribution in [3.63, 3.8) is 0 Å². The molecule has 0 bridgehead atoms. The molecule has 172 valence electrons. The van der Waals surface area contributed by atoms with E-state index in [1.54, 1.807) is 17.0 Å². The molecule has 1 heterocycles. The van der Waals surface area contributed by atoms with Gasteiger partial charge < -0.3 is 20.3 Å². The number of benzene rings is 1. The number of piperazine rings is 1. The average Bonchev–Trinajstić information content (AvgIpc) is 2.69. The molecule has 1 aliphatic rings. The minimum absolute atomic E-state index is 0.0281. The predicted octanol–water partition coefficient (Wildman–Crippen LogP) is 1.54. The average molecular weight is 437 g/mol. The summed E-state index contributed by atoms with van der Waals surface area (Å²) >= 11 is 0. The minimum atomic E-state index is -0.495. The fourth-order valence-electron chi connectivity index (χ4n) is 3.15. The van der Waals surface area contributed by atoms with Crippen molar-refractivity contribution in [3.05, 3.63) is 35.6 Å². The van der Waals surface area contributed by atoms with Crippen LogP contribution in [0.3, 0.4) is 0 Å². The Kier molecular flexibility index (Phi) is 9.23. The highest BCUT2D eigenvalue weighted by Gasteiger charge is 2.25. The molecule has 0 unspecified atom stereocenters. The van der Waals surface area contributed by atoms with Crippen LogP contribution in [0.25, 0.3) is 0 Å². The van der Waals surface area contributed by atoms with Crippen molar-refractivity contribution in [2.45, 2.75) is 39.2 Å². The summed E-state index contributed by atoms with van der Waals surface area (Å²) in [6.07, 6.45) is 0.522. The van der Waals surface area contributed by atoms with E-state index in [-0.39, 0.29) is 30.9 Å². The van der Waals surface area contributed by atoms with Crippen molar-refractivity contribution in [2.75, 3.05) is 45.8 Å². The molecule has 1 aromatic rings. The Balaban J connectivity index is 1.54. The molecule has 1 aromatic carbocycles. The molecule has 0 aromatic heterocycles. The van der Waals surface area contributed by atoms with Crippen LogP contribution in [0, 0.1) is 5.82 Å². The van der Waals surface area contributed by atoms with Crippen molar-refractivity contribution in [1.82, 2.24) is 20.4 Å². The maximum absolute atomic E-state index is 13.1.